The zero-order valence-corrected chi connectivity index (χ0v) is 13.6. The van der Waals surface area contributed by atoms with E-state index in [2.05, 4.69) is 43.1 Å². The molecule has 0 aliphatic rings. The SMILES string of the molecule is CCCNCc1ccc(CN(CC)C(C)COC)s1. The van der Waals surface area contributed by atoms with Crippen LogP contribution in [0.5, 0.6) is 0 Å². The third kappa shape index (κ3) is 6.04. The van der Waals surface area contributed by atoms with E-state index in [0.29, 0.717) is 6.04 Å². The molecule has 1 unspecified atom stereocenters. The van der Waals surface area contributed by atoms with Crippen LogP contribution in [-0.4, -0.2) is 37.7 Å². The molecule has 3 nitrogen and oxygen atoms in total. The van der Waals surface area contributed by atoms with E-state index in [0.717, 1.165) is 32.8 Å². The van der Waals surface area contributed by atoms with Gasteiger partial charge in [-0.05, 0) is 38.6 Å². The van der Waals surface area contributed by atoms with Crippen molar-refractivity contribution in [2.75, 3.05) is 26.8 Å². The van der Waals surface area contributed by atoms with Crippen molar-refractivity contribution in [2.45, 2.75) is 46.3 Å². The zero-order chi connectivity index (χ0) is 14.1. The minimum absolute atomic E-state index is 0.471. The Bertz CT molecular complexity index is 341. The summed E-state index contributed by atoms with van der Waals surface area (Å²) < 4.78 is 5.25. The number of nitrogens with zero attached hydrogens (tertiary/aromatic N) is 1. The normalized spacial score (nSPS) is 13.1. The van der Waals surface area contributed by atoms with Crippen LogP contribution in [0.3, 0.4) is 0 Å². The Morgan fingerprint density at radius 1 is 1.32 bits per heavy atom. The quantitative estimate of drug-likeness (QED) is 0.668. The summed E-state index contributed by atoms with van der Waals surface area (Å²) in [4.78, 5) is 5.33. The fourth-order valence-corrected chi connectivity index (χ4v) is 3.13. The molecule has 1 rings (SSSR count). The van der Waals surface area contributed by atoms with E-state index < -0.39 is 0 Å². The Hall–Kier alpha value is -0.420. The second kappa shape index (κ2) is 9.48. The van der Waals surface area contributed by atoms with E-state index in [1.165, 1.54) is 16.2 Å². The van der Waals surface area contributed by atoms with Crippen LogP contribution < -0.4 is 5.32 Å². The van der Waals surface area contributed by atoms with E-state index in [1.807, 2.05) is 11.3 Å². The van der Waals surface area contributed by atoms with Gasteiger partial charge in [0.15, 0.2) is 0 Å². The van der Waals surface area contributed by atoms with Crippen molar-refractivity contribution < 1.29 is 4.74 Å². The summed E-state index contributed by atoms with van der Waals surface area (Å²) in [6.45, 7) is 11.6. The first kappa shape index (κ1) is 16.6. The van der Waals surface area contributed by atoms with Gasteiger partial charge < -0.3 is 10.1 Å². The van der Waals surface area contributed by atoms with Crippen molar-refractivity contribution in [1.82, 2.24) is 10.2 Å². The molecule has 4 heteroatoms. The summed E-state index contributed by atoms with van der Waals surface area (Å²) in [5.41, 5.74) is 0. The standard InChI is InChI=1S/C15H28N2OS/c1-5-9-16-10-14-7-8-15(19-14)11-17(6-2)13(3)12-18-4/h7-8,13,16H,5-6,9-12H2,1-4H3. The van der Waals surface area contributed by atoms with E-state index in [1.54, 1.807) is 7.11 Å². The highest BCUT2D eigenvalue weighted by molar-refractivity contribution is 7.11. The van der Waals surface area contributed by atoms with Gasteiger partial charge in [-0.15, -0.1) is 11.3 Å². The van der Waals surface area contributed by atoms with Crippen molar-refractivity contribution in [3.63, 3.8) is 0 Å². The lowest BCUT2D eigenvalue weighted by Gasteiger charge is -2.26. The summed E-state index contributed by atoms with van der Waals surface area (Å²) in [6, 6.07) is 4.98. The van der Waals surface area contributed by atoms with Crippen LogP contribution in [0.25, 0.3) is 0 Å². The first-order chi connectivity index (χ1) is 9.21. The summed E-state index contributed by atoms with van der Waals surface area (Å²) in [5, 5.41) is 3.45. The number of likely N-dealkylation sites (N-methyl/N-ethyl adjacent to an activating group) is 1. The van der Waals surface area contributed by atoms with Crippen molar-refractivity contribution in [3.8, 4) is 0 Å². The van der Waals surface area contributed by atoms with E-state index in [9.17, 15) is 0 Å². The van der Waals surface area contributed by atoms with Crippen LogP contribution in [0.1, 0.15) is 36.9 Å². The highest BCUT2D eigenvalue weighted by Gasteiger charge is 2.13. The highest BCUT2D eigenvalue weighted by Crippen LogP contribution is 2.19. The molecule has 0 radical (unpaired) electrons. The van der Waals surface area contributed by atoms with Crippen LogP contribution in [0.15, 0.2) is 12.1 Å². The summed E-state index contributed by atoms with van der Waals surface area (Å²) in [7, 11) is 1.77. The van der Waals surface area contributed by atoms with Gasteiger partial charge in [0, 0.05) is 36.0 Å². The first-order valence-electron chi connectivity index (χ1n) is 7.22. The van der Waals surface area contributed by atoms with Gasteiger partial charge in [0.25, 0.3) is 0 Å². The van der Waals surface area contributed by atoms with Gasteiger partial charge in [-0.25, -0.2) is 0 Å². The van der Waals surface area contributed by atoms with Gasteiger partial charge in [0.2, 0.25) is 0 Å². The molecule has 0 saturated heterocycles. The molecule has 0 spiro atoms. The molecule has 1 heterocycles. The van der Waals surface area contributed by atoms with Gasteiger partial charge in [0.1, 0.15) is 0 Å². The zero-order valence-electron chi connectivity index (χ0n) is 12.7. The molecule has 1 atom stereocenters. The number of nitrogens with one attached hydrogen (secondary N) is 1. The molecular weight excluding hydrogens is 256 g/mol. The molecule has 0 aliphatic heterocycles. The lowest BCUT2D eigenvalue weighted by Crippen LogP contribution is -2.35. The maximum Gasteiger partial charge on any atom is 0.0615 e. The molecule has 0 fully saturated rings. The topological polar surface area (TPSA) is 24.5 Å². The molecule has 0 aromatic carbocycles. The van der Waals surface area contributed by atoms with Crippen molar-refractivity contribution in [3.05, 3.63) is 21.9 Å². The molecule has 1 aromatic rings. The van der Waals surface area contributed by atoms with Crippen LogP contribution in [0.2, 0.25) is 0 Å². The van der Waals surface area contributed by atoms with Gasteiger partial charge in [-0.3, -0.25) is 4.90 Å². The van der Waals surface area contributed by atoms with E-state index >= 15 is 0 Å². The average Bonchev–Trinajstić information content (AvgIpc) is 2.84. The second-order valence-corrected chi connectivity index (χ2v) is 6.17. The summed E-state index contributed by atoms with van der Waals surface area (Å²) >= 11 is 1.92. The Labute approximate surface area is 122 Å². The monoisotopic (exact) mass is 284 g/mol. The van der Waals surface area contributed by atoms with Crippen molar-refractivity contribution >= 4 is 11.3 Å². The largest absolute Gasteiger partial charge is 0.383 e. The molecule has 19 heavy (non-hydrogen) atoms. The van der Waals surface area contributed by atoms with Crippen LogP contribution >= 0.6 is 11.3 Å². The Balaban J connectivity index is 2.46. The second-order valence-electron chi connectivity index (χ2n) is 4.91. The lowest BCUT2D eigenvalue weighted by atomic mass is 10.3. The predicted molar refractivity (Wildman–Crippen MR) is 83.7 cm³/mol. The van der Waals surface area contributed by atoms with Gasteiger partial charge in [-0.2, -0.15) is 0 Å². The van der Waals surface area contributed by atoms with Crippen LogP contribution in [0, 0.1) is 0 Å². The third-order valence-corrected chi connectivity index (χ3v) is 4.31. The fourth-order valence-electron chi connectivity index (χ4n) is 2.12. The highest BCUT2D eigenvalue weighted by atomic mass is 32.1. The lowest BCUT2D eigenvalue weighted by molar-refractivity contribution is 0.0988. The average molecular weight is 284 g/mol. The van der Waals surface area contributed by atoms with Gasteiger partial charge in [0.05, 0.1) is 6.61 Å². The van der Waals surface area contributed by atoms with Crippen LogP contribution in [0.4, 0.5) is 0 Å². The molecule has 0 saturated carbocycles. The maximum absolute atomic E-state index is 5.25. The first-order valence-corrected chi connectivity index (χ1v) is 8.04. The Kier molecular flexibility index (Phi) is 8.30. The summed E-state index contributed by atoms with van der Waals surface area (Å²) in [6.07, 6.45) is 1.19. The van der Waals surface area contributed by atoms with Gasteiger partial charge in [-0.1, -0.05) is 13.8 Å². The Morgan fingerprint density at radius 2 is 2.05 bits per heavy atom. The minimum Gasteiger partial charge on any atom is -0.383 e. The molecule has 0 aliphatic carbocycles. The number of methoxy groups -OCH3 is 1. The molecule has 110 valence electrons. The van der Waals surface area contributed by atoms with E-state index in [-0.39, 0.29) is 0 Å². The fraction of sp³-hybridized carbons (Fsp3) is 0.733. The molecule has 1 aromatic heterocycles. The van der Waals surface area contributed by atoms with Crippen LogP contribution in [-0.2, 0) is 17.8 Å². The Morgan fingerprint density at radius 3 is 2.68 bits per heavy atom. The molecular formula is C15H28N2OS. The predicted octanol–water partition coefficient (Wildman–Crippen LogP) is 3.10. The molecule has 1 N–H and O–H groups in total. The van der Waals surface area contributed by atoms with Crippen molar-refractivity contribution in [1.29, 1.82) is 0 Å². The number of ether oxygens (including phenoxy) is 1. The number of rotatable bonds is 10. The minimum atomic E-state index is 0.471. The van der Waals surface area contributed by atoms with E-state index in [4.69, 9.17) is 4.74 Å². The summed E-state index contributed by atoms with van der Waals surface area (Å²) in [5.74, 6) is 0. The molecule has 0 amide bonds. The number of hydrogen-bond donors (Lipinski definition) is 1. The third-order valence-electron chi connectivity index (χ3n) is 3.24. The number of thiophene rings is 1. The molecule has 0 bridgehead atoms. The number of hydrogen-bond acceptors (Lipinski definition) is 4. The van der Waals surface area contributed by atoms with Gasteiger partial charge >= 0.3 is 0 Å². The maximum atomic E-state index is 5.25. The smallest absolute Gasteiger partial charge is 0.0615 e. The van der Waals surface area contributed by atoms with Crippen molar-refractivity contribution in [2.24, 2.45) is 0 Å².